The molecule has 0 aromatic carbocycles. The lowest BCUT2D eigenvalue weighted by Gasteiger charge is -2.17. The van der Waals surface area contributed by atoms with Crippen LogP contribution < -0.4 is 9.44 Å². The maximum absolute atomic E-state index is 11.3. The van der Waals surface area contributed by atoms with Crippen LogP contribution >= 0.6 is 0 Å². The number of hydrogen-bond donors (Lipinski definition) is 2. The number of carbonyl (C=O) groups excluding carboxylic acids is 1. The molecule has 1 unspecified atom stereocenters. The van der Waals surface area contributed by atoms with E-state index in [4.69, 9.17) is 9.47 Å². The van der Waals surface area contributed by atoms with Gasteiger partial charge in [0.2, 0.25) is 0 Å². The molecule has 0 spiro atoms. The maximum atomic E-state index is 11.3. The van der Waals surface area contributed by atoms with Crippen LogP contribution in [0.3, 0.4) is 0 Å². The monoisotopic (exact) mass is 268 g/mol. The highest BCUT2D eigenvalue weighted by molar-refractivity contribution is 7.88. The molecule has 1 saturated heterocycles. The molecule has 0 aliphatic carbocycles. The van der Waals surface area contributed by atoms with Gasteiger partial charge in [0.1, 0.15) is 0 Å². The summed E-state index contributed by atoms with van der Waals surface area (Å²) in [6.07, 6.45) is -1.44. The highest BCUT2D eigenvalue weighted by atomic mass is 32.2. The van der Waals surface area contributed by atoms with Gasteiger partial charge >= 0.3 is 16.3 Å². The van der Waals surface area contributed by atoms with Crippen molar-refractivity contribution in [1.29, 1.82) is 0 Å². The molecule has 8 nitrogen and oxygen atoms in total. The lowest BCUT2D eigenvalue weighted by atomic mass is 10.4. The summed E-state index contributed by atoms with van der Waals surface area (Å²) < 4.78 is 41.2. The molecule has 100 valence electrons. The van der Waals surface area contributed by atoms with Crippen molar-refractivity contribution >= 4 is 16.3 Å². The van der Waals surface area contributed by atoms with Crippen LogP contribution in [0.2, 0.25) is 0 Å². The van der Waals surface area contributed by atoms with E-state index in [0.717, 1.165) is 7.11 Å². The summed E-state index contributed by atoms with van der Waals surface area (Å²) in [6.45, 7) is 3.76. The molecule has 0 saturated carbocycles. The molecule has 2 N–H and O–H groups in total. The van der Waals surface area contributed by atoms with Gasteiger partial charge in [0, 0.05) is 6.54 Å². The van der Waals surface area contributed by atoms with Crippen molar-refractivity contribution in [3.8, 4) is 0 Å². The third-order valence-corrected chi connectivity index (χ3v) is 2.95. The Hall–Kier alpha value is -0.900. The number of amides is 1. The molecule has 1 atom stereocenters. The van der Waals surface area contributed by atoms with Crippen molar-refractivity contribution in [1.82, 2.24) is 9.44 Å². The number of hydrogen-bond acceptors (Lipinski definition) is 6. The quantitative estimate of drug-likeness (QED) is 0.701. The number of ether oxygens (including phenoxy) is 3. The predicted octanol–water partition coefficient (Wildman–Crippen LogP) is -0.672. The molecule has 9 heteroatoms. The Bertz CT molecular complexity index is 379. The summed E-state index contributed by atoms with van der Waals surface area (Å²) in [7, 11) is -2.86. The zero-order valence-corrected chi connectivity index (χ0v) is 10.7. The minimum atomic E-state index is -3.93. The Kier molecular flexibility index (Phi) is 4.31. The molecular weight excluding hydrogens is 252 g/mol. The van der Waals surface area contributed by atoms with E-state index < -0.39 is 22.1 Å². The first-order valence-corrected chi connectivity index (χ1v) is 6.39. The molecule has 1 heterocycles. The molecule has 1 fully saturated rings. The maximum Gasteiger partial charge on any atom is 0.421 e. The molecule has 17 heavy (non-hydrogen) atoms. The van der Waals surface area contributed by atoms with Crippen molar-refractivity contribution in [2.24, 2.45) is 0 Å². The van der Waals surface area contributed by atoms with E-state index in [1.165, 1.54) is 0 Å². The van der Waals surface area contributed by atoms with E-state index in [9.17, 15) is 13.2 Å². The molecule has 1 amide bonds. The standard InChI is InChI=1S/C8H16N2O6S/c1-8(2)15-5-6(16-8)4-9-17(12,13)10-7(11)14-3/h6,9H,4-5H2,1-3H3,(H,10,11). The van der Waals surface area contributed by atoms with E-state index in [1.54, 1.807) is 18.6 Å². The summed E-state index contributed by atoms with van der Waals surface area (Å²) in [6, 6.07) is 0. The molecule has 0 bridgehead atoms. The topological polar surface area (TPSA) is 103 Å². The van der Waals surface area contributed by atoms with Crippen molar-refractivity contribution in [2.45, 2.75) is 25.7 Å². The second-order valence-electron chi connectivity index (χ2n) is 3.90. The fourth-order valence-corrected chi connectivity index (χ4v) is 2.03. The summed E-state index contributed by atoms with van der Waals surface area (Å²) in [4.78, 5) is 10.7. The van der Waals surface area contributed by atoms with Crippen molar-refractivity contribution in [2.75, 3.05) is 20.3 Å². The van der Waals surface area contributed by atoms with Crippen LogP contribution in [0.25, 0.3) is 0 Å². The SMILES string of the molecule is COC(=O)NS(=O)(=O)NCC1COC(C)(C)O1. The number of nitrogens with one attached hydrogen (secondary N) is 2. The Morgan fingerprint density at radius 3 is 2.65 bits per heavy atom. The van der Waals surface area contributed by atoms with E-state index in [2.05, 4.69) is 9.46 Å². The van der Waals surface area contributed by atoms with Crippen LogP contribution in [0.15, 0.2) is 0 Å². The highest BCUT2D eigenvalue weighted by Gasteiger charge is 2.33. The molecule has 1 rings (SSSR count). The zero-order valence-electron chi connectivity index (χ0n) is 9.85. The van der Waals surface area contributed by atoms with Crippen LogP contribution in [0.1, 0.15) is 13.8 Å². The smallest absolute Gasteiger partial charge is 0.421 e. The summed E-state index contributed by atoms with van der Waals surface area (Å²) in [5.74, 6) is -0.716. The average Bonchev–Trinajstić information content (AvgIpc) is 2.55. The van der Waals surface area contributed by atoms with E-state index >= 15 is 0 Å². The Morgan fingerprint density at radius 2 is 2.18 bits per heavy atom. The van der Waals surface area contributed by atoms with E-state index in [1.807, 2.05) is 0 Å². The summed E-state index contributed by atoms with van der Waals surface area (Å²) in [5.41, 5.74) is 0. The molecular formula is C8H16N2O6S. The number of carbonyl (C=O) groups is 1. The second-order valence-corrected chi connectivity index (χ2v) is 5.40. The van der Waals surface area contributed by atoms with Crippen LogP contribution in [0, 0.1) is 0 Å². The van der Waals surface area contributed by atoms with Crippen molar-refractivity contribution in [3.63, 3.8) is 0 Å². The molecule has 1 aliphatic heterocycles. The van der Waals surface area contributed by atoms with Gasteiger partial charge in [-0.1, -0.05) is 0 Å². The normalized spacial score (nSPS) is 23.4. The minimum Gasteiger partial charge on any atom is -0.452 e. The van der Waals surface area contributed by atoms with Gasteiger partial charge in [0.25, 0.3) is 0 Å². The van der Waals surface area contributed by atoms with Gasteiger partial charge in [-0.05, 0) is 13.8 Å². The Balaban J connectivity index is 2.38. The zero-order chi connectivity index (χ0) is 13.1. The first-order valence-electron chi connectivity index (χ1n) is 4.91. The third-order valence-electron chi connectivity index (χ3n) is 1.97. The highest BCUT2D eigenvalue weighted by Crippen LogP contribution is 2.21. The van der Waals surface area contributed by atoms with Crippen LogP contribution in [-0.4, -0.2) is 46.7 Å². The van der Waals surface area contributed by atoms with Crippen molar-refractivity contribution < 1.29 is 27.4 Å². The Morgan fingerprint density at radius 1 is 1.53 bits per heavy atom. The van der Waals surface area contributed by atoms with Crippen LogP contribution in [0.4, 0.5) is 4.79 Å². The van der Waals surface area contributed by atoms with E-state index in [0.29, 0.717) is 0 Å². The van der Waals surface area contributed by atoms with Crippen molar-refractivity contribution in [3.05, 3.63) is 0 Å². The molecule has 0 aromatic rings. The van der Waals surface area contributed by atoms with E-state index in [-0.39, 0.29) is 19.3 Å². The first kappa shape index (κ1) is 14.2. The van der Waals surface area contributed by atoms with Gasteiger partial charge in [-0.25, -0.2) is 9.52 Å². The van der Waals surface area contributed by atoms with Crippen LogP contribution in [-0.2, 0) is 24.4 Å². The lowest BCUT2D eigenvalue weighted by molar-refractivity contribution is -0.137. The van der Waals surface area contributed by atoms with Gasteiger partial charge in [-0.2, -0.15) is 13.1 Å². The minimum absolute atomic E-state index is 0.00968. The van der Waals surface area contributed by atoms with Gasteiger partial charge in [-0.15, -0.1) is 0 Å². The van der Waals surface area contributed by atoms with Crippen LogP contribution in [0.5, 0.6) is 0 Å². The van der Waals surface area contributed by atoms with Gasteiger partial charge in [-0.3, -0.25) is 0 Å². The van der Waals surface area contributed by atoms with Gasteiger partial charge in [0.15, 0.2) is 5.79 Å². The number of methoxy groups -OCH3 is 1. The average molecular weight is 268 g/mol. The number of rotatable bonds is 4. The largest absolute Gasteiger partial charge is 0.452 e. The predicted molar refractivity (Wildman–Crippen MR) is 57.4 cm³/mol. The molecule has 0 radical (unpaired) electrons. The van der Waals surface area contributed by atoms with Gasteiger partial charge < -0.3 is 14.2 Å². The molecule has 0 aromatic heterocycles. The summed E-state index contributed by atoms with van der Waals surface area (Å²) in [5, 5.41) is 0. The lowest BCUT2D eigenvalue weighted by Crippen LogP contribution is -2.43. The fourth-order valence-electron chi connectivity index (χ4n) is 1.25. The molecule has 1 aliphatic rings. The Labute approximate surface area is 99.8 Å². The van der Waals surface area contributed by atoms with Gasteiger partial charge in [0.05, 0.1) is 19.8 Å². The second kappa shape index (κ2) is 5.17. The first-order chi connectivity index (χ1) is 7.74. The fraction of sp³-hybridized carbons (Fsp3) is 0.875. The third kappa shape index (κ3) is 4.86. The summed E-state index contributed by atoms with van der Waals surface area (Å²) >= 11 is 0.